The minimum absolute atomic E-state index is 0.228. The van der Waals surface area contributed by atoms with Gasteiger partial charge in [-0.15, -0.1) is 0 Å². The molecule has 0 aliphatic rings. The molecule has 0 aliphatic carbocycles. The fraction of sp³-hybridized carbons (Fsp3) is 0.478. The van der Waals surface area contributed by atoms with E-state index in [1.165, 1.54) is 12.1 Å². The van der Waals surface area contributed by atoms with E-state index in [9.17, 15) is 9.50 Å². The third-order valence-corrected chi connectivity index (χ3v) is 4.02. The summed E-state index contributed by atoms with van der Waals surface area (Å²) in [7, 11) is 0. The van der Waals surface area contributed by atoms with E-state index in [0.717, 1.165) is 16.7 Å². The molecule has 0 amide bonds. The maximum absolute atomic E-state index is 13.2. The summed E-state index contributed by atoms with van der Waals surface area (Å²) in [4.78, 5) is 0. The van der Waals surface area contributed by atoms with Crippen molar-refractivity contribution < 1.29 is 19.0 Å². The lowest BCUT2D eigenvalue weighted by Crippen LogP contribution is -2.20. The molecule has 0 radical (unpaired) electrons. The van der Waals surface area contributed by atoms with Crippen LogP contribution in [0.3, 0.4) is 0 Å². The number of aliphatic hydroxyl groups excluding tert-OH is 1. The average molecular weight is 374 g/mol. The first kappa shape index (κ1) is 21.5. The average Bonchev–Trinajstić information content (AvgIpc) is 2.57. The Morgan fingerprint density at radius 2 is 1.41 bits per heavy atom. The molecule has 0 fully saturated rings. The van der Waals surface area contributed by atoms with Crippen LogP contribution in [0, 0.1) is 5.82 Å². The molecule has 0 saturated carbocycles. The van der Waals surface area contributed by atoms with Gasteiger partial charge >= 0.3 is 0 Å². The van der Waals surface area contributed by atoms with E-state index in [-0.39, 0.29) is 17.0 Å². The SMILES string of the molecule is CC(C)(C)OCc1ccc(C(O)c2ccc(F)cc2)c(COC(C)(C)C)c1. The van der Waals surface area contributed by atoms with Crippen molar-refractivity contribution in [2.24, 2.45) is 0 Å². The van der Waals surface area contributed by atoms with Gasteiger partial charge in [0.1, 0.15) is 11.9 Å². The Labute approximate surface area is 162 Å². The van der Waals surface area contributed by atoms with Gasteiger partial charge in [-0.05, 0) is 75.9 Å². The second-order valence-corrected chi connectivity index (χ2v) is 8.79. The maximum atomic E-state index is 13.2. The zero-order valence-electron chi connectivity index (χ0n) is 17.2. The van der Waals surface area contributed by atoms with Crippen LogP contribution in [0.5, 0.6) is 0 Å². The normalized spacial score (nSPS) is 13.6. The predicted octanol–water partition coefficient (Wildman–Crippen LogP) is 5.54. The largest absolute Gasteiger partial charge is 0.384 e. The highest BCUT2D eigenvalue weighted by atomic mass is 19.1. The summed E-state index contributed by atoms with van der Waals surface area (Å²) in [5.74, 6) is -0.322. The summed E-state index contributed by atoms with van der Waals surface area (Å²) in [6, 6.07) is 11.8. The monoisotopic (exact) mass is 374 g/mol. The lowest BCUT2D eigenvalue weighted by molar-refractivity contribution is -0.0177. The van der Waals surface area contributed by atoms with Crippen LogP contribution in [0.15, 0.2) is 42.5 Å². The molecule has 27 heavy (non-hydrogen) atoms. The Bertz CT molecular complexity index is 740. The highest BCUT2D eigenvalue weighted by Gasteiger charge is 2.19. The third-order valence-electron chi connectivity index (χ3n) is 4.02. The fourth-order valence-electron chi connectivity index (χ4n) is 2.56. The molecular formula is C23H31FO3. The van der Waals surface area contributed by atoms with Crippen molar-refractivity contribution in [3.63, 3.8) is 0 Å². The van der Waals surface area contributed by atoms with Crippen LogP contribution in [0.4, 0.5) is 4.39 Å². The van der Waals surface area contributed by atoms with E-state index in [1.807, 2.05) is 59.7 Å². The Morgan fingerprint density at radius 3 is 1.96 bits per heavy atom. The Kier molecular flexibility index (Phi) is 6.79. The van der Waals surface area contributed by atoms with Crippen molar-refractivity contribution in [1.29, 1.82) is 0 Å². The Hall–Kier alpha value is -1.75. The van der Waals surface area contributed by atoms with E-state index < -0.39 is 6.10 Å². The number of ether oxygens (including phenoxy) is 2. The third kappa shape index (κ3) is 7.06. The van der Waals surface area contributed by atoms with Gasteiger partial charge in [0.15, 0.2) is 0 Å². The van der Waals surface area contributed by atoms with Gasteiger partial charge in [-0.2, -0.15) is 0 Å². The summed E-state index contributed by atoms with van der Waals surface area (Å²) in [5, 5.41) is 10.8. The first-order valence-corrected chi connectivity index (χ1v) is 9.28. The fourth-order valence-corrected chi connectivity index (χ4v) is 2.56. The van der Waals surface area contributed by atoms with Crippen molar-refractivity contribution in [1.82, 2.24) is 0 Å². The number of hydrogen-bond donors (Lipinski definition) is 1. The van der Waals surface area contributed by atoms with Crippen molar-refractivity contribution in [3.8, 4) is 0 Å². The molecule has 1 atom stereocenters. The molecule has 0 saturated heterocycles. The standard InChI is InChI=1S/C23H31FO3/c1-22(2,3)26-14-16-7-12-20(18(13-16)15-27-23(4,5)6)21(25)17-8-10-19(24)11-9-17/h7-13,21,25H,14-15H2,1-6H3. The Balaban J connectivity index is 2.31. The molecule has 1 unspecified atom stereocenters. The molecule has 1 N–H and O–H groups in total. The molecule has 0 spiro atoms. The van der Waals surface area contributed by atoms with Gasteiger partial charge in [-0.1, -0.05) is 30.3 Å². The number of benzene rings is 2. The number of halogens is 1. The van der Waals surface area contributed by atoms with E-state index >= 15 is 0 Å². The molecule has 4 heteroatoms. The van der Waals surface area contributed by atoms with Crippen LogP contribution >= 0.6 is 0 Å². The quantitative estimate of drug-likeness (QED) is 0.722. The van der Waals surface area contributed by atoms with Gasteiger partial charge in [0.05, 0.1) is 24.4 Å². The van der Waals surface area contributed by atoms with Gasteiger partial charge in [-0.25, -0.2) is 4.39 Å². The molecule has 3 nitrogen and oxygen atoms in total. The number of hydrogen-bond acceptors (Lipinski definition) is 3. The van der Waals surface area contributed by atoms with Crippen molar-refractivity contribution in [2.45, 2.75) is 72.1 Å². The molecule has 2 aromatic carbocycles. The molecular weight excluding hydrogens is 343 g/mol. The molecule has 2 rings (SSSR count). The molecule has 2 aromatic rings. The molecule has 0 aromatic heterocycles. The zero-order valence-corrected chi connectivity index (χ0v) is 17.2. The lowest BCUT2D eigenvalue weighted by Gasteiger charge is -2.24. The second kappa shape index (κ2) is 8.51. The minimum atomic E-state index is -0.846. The van der Waals surface area contributed by atoms with Crippen LogP contribution in [0.1, 0.15) is 69.9 Å². The maximum Gasteiger partial charge on any atom is 0.123 e. The first-order chi connectivity index (χ1) is 12.4. The van der Waals surface area contributed by atoms with E-state index in [1.54, 1.807) is 12.1 Å². The highest BCUT2D eigenvalue weighted by molar-refractivity contribution is 5.38. The second-order valence-electron chi connectivity index (χ2n) is 8.79. The van der Waals surface area contributed by atoms with E-state index in [0.29, 0.717) is 18.8 Å². The van der Waals surface area contributed by atoms with Crippen LogP contribution in [-0.2, 0) is 22.7 Å². The molecule has 148 valence electrons. The summed E-state index contributed by atoms with van der Waals surface area (Å²) in [6.45, 7) is 12.9. The zero-order chi connectivity index (χ0) is 20.2. The van der Waals surface area contributed by atoms with Crippen LogP contribution in [0.25, 0.3) is 0 Å². The van der Waals surface area contributed by atoms with Gasteiger partial charge in [0.25, 0.3) is 0 Å². The van der Waals surface area contributed by atoms with Crippen molar-refractivity contribution >= 4 is 0 Å². The summed E-state index contributed by atoms with van der Waals surface area (Å²) < 4.78 is 25.0. The number of aliphatic hydroxyl groups is 1. The smallest absolute Gasteiger partial charge is 0.123 e. The van der Waals surface area contributed by atoms with E-state index in [4.69, 9.17) is 9.47 Å². The topological polar surface area (TPSA) is 38.7 Å². The van der Waals surface area contributed by atoms with E-state index in [2.05, 4.69) is 0 Å². The molecule has 0 heterocycles. The predicted molar refractivity (Wildman–Crippen MR) is 106 cm³/mol. The van der Waals surface area contributed by atoms with Crippen molar-refractivity contribution in [2.75, 3.05) is 0 Å². The summed E-state index contributed by atoms with van der Waals surface area (Å²) in [6.07, 6.45) is -0.846. The van der Waals surface area contributed by atoms with Gasteiger partial charge in [-0.3, -0.25) is 0 Å². The van der Waals surface area contributed by atoms with Crippen LogP contribution < -0.4 is 0 Å². The van der Waals surface area contributed by atoms with Gasteiger partial charge < -0.3 is 14.6 Å². The summed E-state index contributed by atoms with van der Waals surface area (Å²) >= 11 is 0. The lowest BCUT2D eigenvalue weighted by atomic mass is 9.95. The molecule has 0 bridgehead atoms. The number of rotatable bonds is 6. The first-order valence-electron chi connectivity index (χ1n) is 9.28. The van der Waals surface area contributed by atoms with Crippen LogP contribution in [0.2, 0.25) is 0 Å². The summed E-state index contributed by atoms with van der Waals surface area (Å²) in [5.41, 5.74) is 2.80. The van der Waals surface area contributed by atoms with Crippen LogP contribution in [-0.4, -0.2) is 16.3 Å². The van der Waals surface area contributed by atoms with Gasteiger partial charge in [0.2, 0.25) is 0 Å². The minimum Gasteiger partial charge on any atom is -0.384 e. The highest BCUT2D eigenvalue weighted by Crippen LogP contribution is 2.28. The molecule has 0 aliphatic heterocycles. The van der Waals surface area contributed by atoms with Gasteiger partial charge in [0, 0.05) is 0 Å². The van der Waals surface area contributed by atoms with Crippen molar-refractivity contribution in [3.05, 3.63) is 70.5 Å². The Morgan fingerprint density at radius 1 is 0.852 bits per heavy atom.